The lowest BCUT2D eigenvalue weighted by Crippen LogP contribution is -2.13. The number of halogens is 2. The van der Waals surface area contributed by atoms with Crippen molar-refractivity contribution >= 4 is 51.6 Å². The summed E-state index contributed by atoms with van der Waals surface area (Å²) in [6.45, 7) is 0. The molecule has 116 valence electrons. The minimum atomic E-state index is -0.283. The molecule has 0 aliphatic carbocycles. The van der Waals surface area contributed by atoms with Crippen molar-refractivity contribution in [2.45, 2.75) is 0 Å². The maximum atomic E-state index is 12.8. The van der Waals surface area contributed by atoms with Gasteiger partial charge in [0, 0.05) is 16.1 Å². The fourth-order valence-electron chi connectivity index (χ4n) is 1.86. The van der Waals surface area contributed by atoms with Crippen molar-refractivity contribution in [2.24, 2.45) is 4.99 Å². The van der Waals surface area contributed by atoms with Crippen LogP contribution in [0.3, 0.4) is 0 Å². The Morgan fingerprint density at radius 3 is 2.61 bits per heavy atom. The number of amidine groups is 1. The molecule has 2 aromatic carbocycles. The van der Waals surface area contributed by atoms with Crippen molar-refractivity contribution in [3.8, 4) is 6.19 Å². The summed E-state index contributed by atoms with van der Waals surface area (Å²) >= 11 is 13.4. The maximum absolute atomic E-state index is 12.8. The summed E-state index contributed by atoms with van der Waals surface area (Å²) in [5.41, 5.74) is 1.09. The van der Waals surface area contributed by atoms with Gasteiger partial charge in [0.1, 0.15) is 0 Å². The number of aliphatic imine (C=N–C) groups is 1. The number of ketones is 1. The first kappa shape index (κ1) is 17.4. The molecule has 1 N–H and O–H groups in total. The Labute approximate surface area is 148 Å². The molecule has 0 heterocycles. The standard InChI is InChI=1S/C16H11Cl2N3OS/c1-23-16(20-9-19)21-14-7-6-10(17)8-12(14)15(22)11-4-2-3-5-13(11)18/h2-8H,1H3,(H,20,21). The van der Waals surface area contributed by atoms with E-state index in [-0.39, 0.29) is 5.78 Å². The van der Waals surface area contributed by atoms with Crippen LogP contribution in [-0.4, -0.2) is 17.2 Å². The van der Waals surface area contributed by atoms with E-state index in [1.54, 1.807) is 48.8 Å². The number of benzene rings is 2. The predicted molar refractivity (Wildman–Crippen MR) is 95.7 cm³/mol. The highest BCUT2D eigenvalue weighted by atomic mass is 35.5. The van der Waals surface area contributed by atoms with Crippen molar-refractivity contribution in [2.75, 3.05) is 6.26 Å². The molecule has 2 aromatic rings. The lowest BCUT2D eigenvalue weighted by Gasteiger charge is -2.08. The van der Waals surface area contributed by atoms with E-state index >= 15 is 0 Å². The smallest absolute Gasteiger partial charge is 0.196 e. The van der Waals surface area contributed by atoms with Crippen LogP contribution in [0.25, 0.3) is 0 Å². The number of nitrogens with zero attached hydrogens (tertiary/aromatic N) is 2. The molecule has 0 fully saturated rings. The van der Waals surface area contributed by atoms with E-state index < -0.39 is 0 Å². The molecule has 0 saturated carbocycles. The van der Waals surface area contributed by atoms with Crippen LogP contribution in [0.15, 0.2) is 47.5 Å². The SMILES string of the molecule is CSC(=Nc1ccc(Cl)cc1C(=O)c1ccccc1Cl)NC#N. The number of thioether (sulfide) groups is 1. The lowest BCUT2D eigenvalue weighted by molar-refractivity contribution is 0.103. The largest absolute Gasteiger partial charge is 0.288 e. The average Bonchev–Trinajstić information content (AvgIpc) is 2.55. The summed E-state index contributed by atoms with van der Waals surface area (Å²) in [5.74, 6) is -0.283. The zero-order valence-corrected chi connectivity index (χ0v) is 14.3. The molecule has 0 bridgehead atoms. The van der Waals surface area contributed by atoms with E-state index in [0.717, 1.165) is 0 Å². The third-order valence-corrected chi connectivity index (χ3v) is 4.04. The predicted octanol–water partition coefficient (Wildman–Crippen LogP) is 4.65. The highest BCUT2D eigenvalue weighted by molar-refractivity contribution is 8.13. The highest BCUT2D eigenvalue weighted by Gasteiger charge is 2.17. The molecule has 0 aliphatic heterocycles. The summed E-state index contributed by atoms with van der Waals surface area (Å²) < 4.78 is 0. The molecule has 23 heavy (non-hydrogen) atoms. The van der Waals surface area contributed by atoms with E-state index in [9.17, 15) is 4.79 Å². The molecule has 0 aromatic heterocycles. The van der Waals surface area contributed by atoms with E-state index in [2.05, 4.69) is 10.3 Å². The number of nitrogens with one attached hydrogen (secondary N) is 1. The summed E-state index contributed by atoms with van der Waals surface area (Å²) in [6, 6.07) is 11.6. The topological polar surface area (TPSA) is 65.2 Å². The zero-order valence-electron chi connectivity index (χ0n) is 12.0. The average molecular weight is 364 g/mol. The number of hydrogen-bond donors (Lipinski definition) is 1. The third kappa shape index (κ3) is 4.26. The first-order chi connectivity index (χ1) is 11.1. The highest BCUT2D eigenvalue weighted by Crippen LogP contribution is 2.28. The molecule has 0 amide bonds. The fourth-order valence-corrected chi connectivity index (χ4v) is 2.59. The number of carbonyl (C=O) groups is 1. The van der Waals surface area contributed by atoms with Crippen LogP contribution in [-0.2, 0) is 0 Å². The second-order valence-electron chi connectivity index (χ2n) is 4.33. The van der Waals surface area contributed by atoms with Gasteiger partial charge in [-0.25, -0.2) is 4.99 Å². The number of rotatable bonds is 3. The summed E-state index contributed by atoms with van der Waals surface area (Å²) in [6.07, 6.45) is 3.58. The second-order valence-corrected chi connectivity index (χ2v) is 5.97. The van der Waals surface area contributed by atoms with Gasteiger partial charge in [0.2, 0.25) is 0 Å². The Morgan fingerprint density at radius 1 is 1.22 bits per heavy atom. The molecular formula is C16H11Cl2N3OS. The lowest BCUT2D eigenvalue weighted by atomic mass is 10.0. The van der Waals surface area contributed by atoms with Crippen LogP contribution in [0.1, 0.15) is 15.9 Å². The molecule has 7 heteroatoms. The first-order valence-corrected chi connectivity index (χ1v) is 8.41. The Morgan fingerprint density at radius 2 is 1.96 bits per heavy atom. The zero-order chi connectivity index (χ0) is 16.8. The first-order valence-electron chi connectivity index (χ1n) is 6.43. The van der Waals surface area contributed by atoms with Gasteiger partial charge in [0.05, 0.1) is 10.7 Å². The summed E-state index contributed by atoms with van der Waals surface area (Å²) in [4.78, 5) is 17.1. The van der Waals surface area contributed by atoms with E-state index in [4.69, 9.17) is 28.5 Å². The molecule has 0 saturated heterocycles. The Balaban J connectivity index is 2.54. The van der Waals surface area contributed by atoms with Gasteiger partial charge in [-0.15, -0.1) is 0 Å². The molecule has 0 aliphatic rings. The second kappa shape index (κ2) is 8.02. The van der Waals surface area contributed by atoms with Gasteiger partial charge in [0.25, 0.3) is 0 Å². The molecular weight excluding hydrogens is 353 g/mol. The fraction of sp³-hybridized carbons (Fsp3) is 0.0625. The van der Waals surface area contributed by atoms with Gasteiger partial charge in [-0.1, -0.05) is 47.1 Å². The van der Waals surface area contributed by atoms with Crippen LogP contribution in [0.4, 0.5) is 5.69 Å². The van der Waals surface area contributed by atoms with Gasteiger partial charge in [-0.2, -0.15) is 5.26 Å². The Kier molecular flexibility index (Phi) is 6.05. The van der Waals surface area contributed by atoms with E-state index in [0.29, 0.717) is 32.0 Å². The van der Waals surface area contributed by atoms with Gasteiger partial charge < -0.3 is 0 Å². The monoisotopic (exact) mass is 363 g/mol. The van der Waals surface area contributed by atoms with Crippen molar-refractivity contribution in [1.82, 2.24) is 5.32 Å². The van der Waals surface area contributed by atoms with Gasteiger partial charge in [-0.3, -0.25) is 10.1 Å². The van der Waals surface area contributed by atoms with Crippen molar-refractivity contribution in [3.63, 3.8) is 0 Å². The van der Waals surface area contributed by atoms with Gasteiger partial charge in [-0.05, 0) is 36.6 Å². The number of nitriles is 1. The van der Waals surface area contributed by atoms with Crippen LogP contribution in [0.2, 0.25) is 10.0 Å². The van der Waals surface area contributed by atoms with Crippen LogP contribution >= 0.6 is 35.0 Å². The minimum absolute atomic E-state index is 0.283. The molecule has 0 radical (unpaired) electrons. The van der Waals surface area contributed by atoms with Crippen LogP contribution < -0.4 is 5.32 Å². The third-order valence-electron chi connectivity index (χ3n) is 2.90. The van der Waals surface area contributed by atoms with Crippen molar-refractivity contribution in [3.05, 3.63) is 63.6 Å². The number of hydrogen-bond acceptors (Lipinski definition) is 4. The van der Waals surface area contributed by atoms with Crippen molar-refractivity contribution in [1.29, 1.82) is 5.26 Å². The molecule has 4 nitrogen and oxygen atoms in total. The Hall–Kier alpha value is -2.00. The van der Waals surface area contributed by atoms with Gasteiger partial charge in [0.15, 0.2) is 17.1 Å². The van der Waals surface area contributed by atoms with E-state index in [1.165, 1.54) is 17.8 Å². The van der Waals surface area contributed by atoms with Crippen LogP contribution in [0.5, 0.6) is 0 Å². The summed E-state index contributed by atoms with van der Waals surface area (Å²) in [7, 11) is 0. The summed E-state index contributed by atoms with van der Waals surface area (Å²) in [5, 5.41) is 12.3. The maximum Gasteiger partial charge on any atom is 0.196 e. The number of carbonyl (C=O) groups excluding carboxylic acids is 1. The minimum Gasteiger partial charge on any atom is -0.288 e. The quantitative estimate of drug-likeness (QED) is 0.283. The Bertz CT molecular complexity index is 815. The molecule has 0 atom stereocenters. The van der Waals surface area contributed by atoms with Crippen molar-refractivity contribution < 1.29 is 4.79 Å². The molecule has 0 spiro atoms. The van der Waals surface area contributed by atoms with Gasteiger partial charge >= 0.3 is 0 Å². The van der Waals surface area contributed by atoms with Crippen LogP contribution in [0, 0.1) is 11.5 Å². The molecule has 2 rings (SSSR count). The van der Waals surface area contributed by atoms with E-state index in [1.807, 2.05) is 0 Å². The normalized spacial score (nSPS) is 11.0. The molecule has 0 unspecified atom stereocenters.